The molecule has 0 saturated heterocycles. The monoisotopic (exact) mass is 345 g/mol. The molecule has 0 bridgehead atoms. The van der Waals surface area contributed by atoms with Crippen LogP contribution in [0.1, 0.15) is 34.5 Å². The number of methoxy groups -OCH3 is 1. The van der Waals surface area contributed by atoms with Gasteiger partial charge in [0.2, 0.25) is 0 Å². The van der Waals surface area contributed by atoms with E-state index in [1.165, 1.54) is 24.3 Å². The Hall–Kier alpha value is -2.21. The Labute approximate surface area is 147 Å². The summed E-state index contributed by atoms with van der Waals surface area (Å²) in [6, 6.07) is 5.07. The molecule has 0 saturated carbocycles. The van der Waals surface area contributed by atoms with E-state index >= 15 is 0 Å². The van der Waals surface area contributed by atoms with E-state index in [2.05, 4.69) is 10.00 Å². The van der Waals surface area contributed by atoms with Gasteiger partial charge in [-0.15, -0.1) is 0 Å². The number of halogens is 1. The standard InChI is InChI=1S/C19H24FN3O2/c1-13-18(14(2)23(21-13)9-7-19(24)25-3)12-22-8-6-15-4-5-17(20)10-16(15)11-22/h4-5,10H,6-9,11-12H2,1-3H3. The largest absolute Gasteiger partial charge is 0.469 e. The quantitative estimate of drug-likeness (QED) is 0.782. The number of rotatable bonds is 5. The first-order chi connectivity index (χ1) is 12.0. The van der Waals surface area contributed by atoms with E-state index < -0.39 is 0 Å². The second-order valence-corrected chi connectivity index (χ2v) is 6.57. The Morgan fingerprint density at radius 2 is 2.12 bits per heavy atom. The van der Waals surface area contributed by atoms with Crippen LogP contribution >= 0.6 is 0 Å². The minimum atomic E-state index is -0.233. The van der Waals surface area contributed by atoms with E-state index in [0.717, 1.165) is 43.0 Å². The lowest BCUT2D eigenvalue weighted by molar-refractivity contribution is -0.140. The van der Waals surface area contributed by atoms with Crippen LogP contribution in [0, 0.1) is 19.7 Å². The summed E-state index contributed by atoms with van der Waals surface area (Å²) < 4.78 is 20.1. The lowest BCUT2D eigenvalue weighted by atomic mass is 9.99. The predicted molar refractivity (Wildman–Crippen MR) is 92.6 cm³/mol. The van der Waals surface area contributed by atoms with Crippen molar-refractivity contribution in [2.45, 2.75) is 46.3 Å². The van der Waals surface area contributed by atoms with Crippen LogP contribution in [-0.2, 0) is 35.6 Å². The van der Waals surface area contributed by atoms with Gasteiger partial charge in [0.25, 0.3) is 0 Å². The fourth-order valence-corrected chi connectivity index (χ4v) is 3.42. The third-order valence-electron chi connectivity index (χ3n) is 4.93. The van der Waals surface area contributed by atoms with E-state index in [0.29, 0.717) is 13.0 Å². The number of ether oxygens (including phenoxy) is 1. The van der Waals surface area contributed by atoms with Crippen molar-refractivity contribution in [3.8, 4) is 0 Å². The molecule has 1 aromatic heterocycles. The maximum absolute atomic E-state index is 13.5. The van der Waals surface area contributed by atoms with E-state index in [1.807, 2.05) is 24.6 Å². The van der Waals surface area contributed by atoms with Crippen molar-refractivity contribution in [1.82, 2.24) is 14.7 Å². The number of aromatic nitrogens is 2. The summed E-state index contributed by atoms with van der Waals surface area (Å²) in [6.07, 6.45) is 1.25. The molecule has 0 fully saturated rings. The smallest absolute Gasteiger partial charge is 0.307 e. The number of carbonyl (C=O) groups excluding carboxylic acids is 1. The highest BCUT2D eigenvalue weighted by Crippen LogP contribution is 2.23. The van der Waals surface area contributed by atoms with Crippen molar-refractivity contribution in [1.29, 1.82) is 0 Å². The average molecular weight is 345 g/mol. The maximum atomic E-state index is 13.5. The molecule has 3 rings (SSSR count). The fourth-order valence-electron chi connectivity index (χ4n) is 3.42. The molecule has 25 heavy (non-hydrogen) atoms. The fraction of sp³-hybridized carbons (Fsp3) is 0.474. The van der Waals surface area contributed by atoms with E-state index in [4.69, 9.17) is 4.74 Å². The van der Waals surface area contributed by atoms with Crippen molar-refractivity contribution in [2.75, 3.05) is 13.7 Å². The van der Waals surface area contributed by atoms with Gasteiger partial charge in [-0.2, -0.15) is 5.10 Å². The van der Waals surface area contributed by atoms with Gasteiger partial charge in [0.1, 0.15) is 5.82 Å². The van der Waals surface area contributed by atoms with E-state index in [9.17, 15) is 9.18 Å². The highest BCUT2D eigenvalue weighted by molar-refractivity contribution is 5.68. The lowest BCUT2D eigenvalue weighted by Crippen LogP contribution is -2.30. The summed E-state index contributed by atoms with van der Waals surface area (Å²) in [4.78, 5) is 13.7. The molecule has 0 spiro atoms. The lowest BCUT2D eigenvalue weighted by Gasteiger charge is -2.28. The van der Waals surface area contributed by atoms with Crippen LogP contribution in [-0.4, -0.2) is 34.3 Å². The van der Waals surface area contributed by atoms with Crippen LogP contribution in [0.25, 0.3) is 0 Å². The van der Waals surface area contributed by atoms with Crippen molar-refractivity contribution >= 4 is 5.97 Å². The Balaban J connectivity index is 1.71. The van der Waals surface area contributed by atoms with Crippen molar-refractivity contribution in [3.63, 3.8) is 0 Å². The van der Waals surface area contributed by atoms with Crippen LogP contribution in [0.3, 0.4) is 0 Å². The topological polar surface area (TPSA) is 47.4 Å². The average Bonchev–Trinajstić information content (AvgIpc) is 2.86. The summed E-state index contributed by atoms with van der Waals surface area (Å²) in [5.41, 5.74) is 5.54. The number of hydrogen-bond donors (Lipinski definition) is 0. The Morgan fingerprint density at radius 1 is 1.32 bits per heavy atom. The highest BCUT2D eigenvalue weighted by atomic mass is 19.1. The number of nitrogens with zero attached hydrogens (tertiary/aromatic N) is 3. The summed E-state index contributed by atoms with van der Waals surface area (Å²) >= 11 is 0. The number of esters is 1. The third kappa shape index (κ3) is 3.90. The molecule has 2 heterocycles. The molecular formula is C19H24FN3O2. The predicted octanol–water partition coefficient (Wildman–Crippen LogP) is 2.76. The molecule has 134 valence electrons. The van der Waals surface area contributed by atoms with Gasteiger partial charge in [-0.25, -0.2) is 4.39 Å². The molecule has 0 atom stereocenters. The van der Waals surface area contributed by atoms with Crippen molar-refractivity contribution in [3.05, 3.63) is 52.1 Å². The van der Waals surface area contributed by atoms with Crippen LogP contribution in [0.5, 0.6) is 0 Å². The number of carbonyl (C=O) groups is 1. The molecule has 0 radical (unpaired) electrons. The molecule has 0 unspecified atom stereocenters. The molecule has 1 aliphatic heterocycles. The normalized spacial score (nSPS) is 14.4. The number of hydrogen-bond acceptors (Lipinski definition) is 4. The second-order valence-electron chi connectivity index (χ2n) is 6.57. The SMILES string of the molecule is COC(=O)CCn1nc(C)c(CN2CCc3ccc(F)cc3C2)c1C. The molecule has 1 aromatic carbocycles. The zero-order chi connectivity index (χ0) is 18.0. The van der Waals surface area contributed by atoms with Gasteiger partial charge in [0.05, 0.1) is 25.8 Å². The molecule has 1 aliphatic rings. The minimum absolute atomic E-state index is 0.177. The van der Waals surface area contributed by atoms with E-state index in [-0.39, 0.29) is 11.8 Å². The molecule has 0 amide bonds. The highest BCUT2D eigenvalue weighted by Gasteiger charge is 2.20. The Bertz CT molecular complexity index is 785. The second kappa shape index (κ2) is 7.35. The number of benzene rings is 1. The van der Waals surface area contributed by atoms with Crippen LogP contribution in [0.4, 0.5) is 4.39 Å². The van der Waals surface area contributed by atoms with Gasteiger partial charge in [0.15, 0.2) is 0 Å². The van der Waals surface area contributed by atoms with Crippen LogP contribution < -0.4 is 0 Å². The first kappa shape index (κ1) is 17.6. The first-order valence-corrected chi connectivity index (χ1v) is 8.57. The minimum Gasteiger partial charge on any atom is -0.469 e. The molecule has 0 aliphatic carbocycles. The Morgan fingerprint density at radius 3 is 2.88 bits per heavy atom. The van der Waals surface area contributed by atoms with Crippen LogP contribution in [0.2, 0.25) is 0 Å². The number of aryl methyl sites for hydroxylation is 2. The molecule has 0 N–H and O–H groups in total. The summed E-state index contributed by atoms with van der Waals surface area (Å²) in [5.74, 6) is -0.410. The summed E-state index contributed by atoms with van der Waals surface area (Å²) in [7, 11) is 1.39. The molecular weight excluding hydrogens is 321 g/mol. The zero-order valence-electron chi connectivity index (χ0n) is 15.0. The van der Waals surface area contributed by atoms with Gasteiger partial charge >= 0.3 is 5.97 Å². The molecule has 6 heteroatoms. The van der Waals surface area contributed by atoms with Crippen LogP contribution in [0.15, 0.2) is 18.2 Å². The molecule has 2 aromatic rings. The Kier molecular flexibility index (Phi) is 5.18. The van der Waals surface area contributed by atoms with Crippen molar-refractivity contribution < 1.29 is 13.9 Å². The van der Waals surface area contributed by atoms with Gasteiger partial charge < -0.3 is 4.74 Å². The van der Waals surface area contributed by atoms with Gasteiger partial charge in [-0.3, -0.25) is 14.4 Å². The molecule has 5 nitrogen and oxygen atoms in total. The van der Waals surface area contributed by atoms with Crippen molar-refractivity contribution in [2.24, 2.45) is 0 Å². The maximum Gasteiger partial charge on any atom is 0.307 e. The van der Waals surface area contributed by atoms with E-state index in [1.54, 1.807) is 6.07 Å². The van der Waals surface area contributed by atoms with Gasteiger partial charge in [-0.1, -0.05) is 6.07 Å². The summed E-state index contributed by atoms with van der Waals surface area (Å²) in [5, 5.41) is 4.56. The zero-order valence-corrected chi connectivity index (χ0v) is 15.0. The third-order valence-corrected chi connectivity index (χ3v) is 4.93. The summed E-state index contributed by atoms with van der Waals surface area (Å²) in [6.45, 7) is 7.03. The van der Waals surface area contributed by atoms with Gasteiger partial charge in [0, 0.05) is 30.9 Å². The van der Waals surface area contributed by atoms with Gasteiger partial charge in [-0.05, 0) is 43.5 Å². The first-order valence-electron chi connectivity index (χ1n) is 8.57. The number of fused-ring (bicyclic) bond motifs is 1.